The Labute approximate surface area is 90.4 Å². The van der Waals surface area contributed by atoms with Crippen LogP contribution in [0.15, 0.2) is 12.3 Å². The van der Waals surface area contributed by atoms with Crippen molar-refractivity contribution in [3.05, 3.63) is 18.0 Å². The molecule has 1 saturated heterocycles. The summed E-state index contributed by atoms with van der Waals surface area (Å²) in [5, 5.41) is 4.14. The fraction of sp³-hybridized carbons (Fsp3) is 0.727. The van der Waals surface area contributed by atoms with Crippen LogP contribution in [0.4, 0.5) is 0 Å². The van der Waals surface area contributed by atoms with E-state index in [2.05, 4.69) is 12.0 Å². The van der Waals surface area contributed by atoms with Crippen molar-refractivity contribution in [2.45, 2.75) is 37.8 Å². The van der Waals surface area contributed by atoms with E-state index in [0.717, 1.165) is 25.1 Å². The monoisotopic (exact) mass is 209 g/mol. The zero-order chi connectivity index (χ0) is 10.9. The van der Waals surface area contributed by atoms with E-state index in [1.807, 2.05) is 17.8 Å². The maximum absolute atomic E-state index is 6.26. The zero-order valence-corrected chi connectivity index (χ0v) is 9.44. The molecule has 1 aromatic rings. The third kappa shape index (κ3) is 1.92. The van der Waals surface area contributed by atoms with Crippen LogP contribution in [0, 0.1) is 0 Å². The lowest BCUT2D eigenvalue weighted by Gasteiger charge is -2.38. The Morgan fingerprint density at radius 3 is 2.93 bits per heavy atom. The molecule has 0 aliphatic carbocycles. The average molecular weight is 209 g/mol. The summed E-state index contributed by atoms with van der Waals surface area (Å²) in [6, 6.07) is 1.87. The van der Waals surface area contributed by atoms with Crippen LogP contribution >= 0.6 is 0 Å². The van der Waals surface area contributed by atoms with Gasteiger partial charge in [0.2, 0.25) is 0 Å². The second-order valence-corrected chi connectivity index (χ2v) is 4.48. The smallest absolute Gasteiger partial charge is 0.0861 e. The Morgan fingerprint density at radius 2 is 2.40 bits per heavy atom. The molecule has 84 valence electrons. The van der Waals surface area contributed by atoms with Crippen LogP contribution in [0.25, 0.3) is 0 Å². The standard InChI is InChI=1S/C11H19N3O/c1-11(6-3-4-8-15-11)10(12)9-5-7-13-14(9)2/h5,7,10H,3-4,6,8,12H2,1-2H3. The van der Waals surface area contributed by atoms with E-state index < -0.39 is 0 Å². The fourth-order valence-corrected chi connectivity index (χ4v) is 2.20. The largest absolute Gasteiger partial charge is 0.373 e. The van der Waals surface area contributed by atoms with E-state index in [9.17, 15) is 0 Å². The molecule has 4 heteroatoms. The minimum Gasteiger partial charge on any atom is -0.373 e. The van der Waals surface area contributed by atoms with Gasteiger partial charge in [0.05, 0.1) is 17.3 Å². The zero-order valence-electron chi connectivity index (χ0n) is 9.44. The highest BCUT2D eigenvalue weighted by molar-refractivity contribution is 5.11. The molecule has 4 nitrogen and oxygen atoms in total. The van der Waals surface area contributed by atoms with Gasteiger partial charge in [-0.25, -0.2) is 0 Å². The van der Waals surface area contributed by atoms with Gasteiger partial charge in [-0.2, -0.15) is 5.10 Å². The van der Waals surface area contributed by atoms with E-state index in [1.165, 1.54) is 6.42 Å². The van der Waals surface area contributed by atoms with Crippen molar-refractivity contribution < 1.29 is 4.74 Å². The van der Waals surface area contributed by atoms with E-state index in [-0.39, 0.29) is 11.6 Å². The van der Waals surface area contributed by atoms with Crippen molar-refractivity contribution in [1.82, 2.24) is 9.78 Å². The molecule has 2 unspecified atom stereocenters. The van der Waals surface area contributed by atoms with Crippen molar-refractivity contribution in [3.8, 4) is 0 Å². The Morgan fingerprint density at radius 1 is 1.60 bits per heavy atom. The average Bonchev–Trinajstić information content (AvgIpc) is 2.64. The molecule has 15 heavy (non-hydrogen) atoms. The first kappa shape index (κ1) is 10.6. The van der Waals surface area contributed by atoms with E-state index in [4.69, 9.17) is 10.5 Å². The minimum atomic E-state index is -0.230. The summed E-state index contributed by atoms with van der Waals surface area (Å²) < 4.78 is 7.67. The Balaban J connectivity index is 2.19. The number of rotatable bonds is 2. The maximum atomic E-state index is 6.26. The molecule has 0 spiro atoms. The molecule has 2 rings (SSSR count). The second-order valence-electron chi connectivity index (χ2n) is 4.48. The molecule has 0 radical (unpaired) electrons. The number of nitrogens with zero attached hydrogens (tertiary/aromatic N) is 2. The molecule has 2 heterocycles. The Hall–Kier alpha value is -0.870. The van der Waals surface area contributed by atoms with E-state index in [1.54, 1.807) is 6.20 Å². The summed E-state index contributed by atoms with van der Waals surface area (Å²) >= 11 is 0. The molecule has 2 atom stereocenters. The lowest BCUT2D eigenvalue weighted by atomic mass is 9.87. The van der Waals surface area contributed by atoms with Gasteiger partial charge in [0, 0.05) is 19.9 Å². The molecule has 2 N–H and O–H groups in total. The van der Waals surface area contributed by atoms with Crippen LogP contribution < -0.4 is 5.73 Å². The topological polar surface area (TPSA) is 53.1 Å². The molecular weight excluding hydrogens is 190 g/mol. The Kier molecular flexibility index (Phi) is 2.80. The van der Waals surface area contributed by atoms with Crippen molar-refractivity contribution in [2.24, 2.45) is 12.8 Å². The highest BCUT2D eigenvalue weighted by atomic mass is 16.5. The molecule has 1 aliphatic heterocycles. The Bertz CT molecular complexity index is 328. The molecular formula is C11H19N3O. The maximum Gasteiger partial charge on any atom is 0.0861 e. The number of ether oxygens (including phenoxy) is 1. The van der Waals surface area contributed by atoms with Gasteiger partial charge in [-0.1, -0.05) is 0 Å². The predicted octanol–water partition coefficient (Wildman–Crippen LogP) is 1.38. The lowest BCUT2D eigenvalue weighted by Crippen LogP contribution is -2.44. The molecule has 0 aromatic carbocycles. The van der Waals surface area contributed by atoms with Gasteiger partial charge in [-0.15, -0.1) is 0 Å². The summed E-state index contributed by atoms with van der Waals surface area (Å²) in [6.07, 6.45) is 5.15. The first-order valence-electron chi connectivity index (χ1n) is 5.51. The SMILES string of the molecule is Cn1nccc1C(N)C1(C)CCCCO1. The summed E-state index contributed by atoms with van der Waals surface area (Å²) in [6.45, 7) is 2.92. The lowest BCUT2D eigenvalue weighted by molar-refractivity contribution is -0.0833. The van der Waals surface area contributed by atoms with Gasteiger partial charge < -0.3 is 10.5 Å². The van der Waals surface area contributed by atoms with Gasteiger partial charge in [-0.05, 0) is 32.3 Å². The molecule has 1 aromatic heterocycles. The molecule has 1 aliphatic rings. The quantitative estimate of drug-likeness (QED) is 0.800. The van der Waals surface area contributed by atoms with E-state index in [0.29, 0.717) is 0 Å². The fourth-order valence-electron chi connectivity index (χ4n) is 2.20. The highest BCUT2D eigenvalue weighted by Crippen LogP contribution is 2.34. The summed E-state index contributed by atoms with van der Waals surface area (Å²) in [4.78, 5) is 0. The number of aromatic nitrogens is 2. The summed E-state index contributed by atoms with van der Waals surface area (Å²) in [5.41, 5.74) is 7.07. The minimum absolute atomic E-state index is 0.0923. The van der Waals surface area contributed by atoms with Crippen LogP contribution in [0.5, 0.6) is 0 Å². The van der Waals surface area contributed by atoms with Gasteiger partial charge in [0.15, 0.2) is 0 Å². The van der Waals surface area contributed by atoms with Gasteiger partial charge in [0.25, 0.3) is 0 Å². The molecule has 0 amide bonds. The number of aryl methyl sites for hydroxylation is 1. The van der Waals surface area contributed by atoms with Gasteiger partial charge >= 0.3 is 0 Å². The van der Waals surface area contributed by atoms with Crippen LogP contribution in [-0.4, -0.2) is 22.0 Å². The van der Waals surface area contributed by atoms with Crippen molar-refractivity contribution >= 4 is 0 Å². The normalized spacial score (nSPS) is 29.0. The van der Waals surface area contributed by atoms with Crippen molar-refractivity contribution in [1.29, 1.82) is 0 Å². The third-order valence-corrected chi connectivity index (χ3v) is 3.33. The molecule has 0 bridgehead atoms. The summed E-state index contributed by atoms with van der Waals surface area (Å²) in [5.74, 6) is 0. The third-order valence-electron chi connectivity index (χ3n) is 3.33. The number of hydrogen-bond donors (Lipinski definition) is 1. The van der Waals surface area contributed by atoms with Crippen LogP contribution in [0.3, 0.4) is 0 Å². The second kappa shape index (κ2) is 3.94. The van der Waals surface area contributed by atoms with Crippen LogP contribution in [0.2, 0.25) is 0 Å². The van der Waals surface area contributed by atoms with Gasteiger partial charge in [0.1, 0.15) is 0 Å². The number of nitrogens with two attached hydrogens (primary N) is 1. The predicted molar refractivity (Wildman–Crippen MR) is 58.3 cm³/mol. The van der Waals surface area contributed by atoms with Crippen LogP contribution in [0.1, 0.15) is 37.9 Å². The van der Waals surface area contributed by atoms with Gasteiger partial charge in [-0.3, -0.25) is 4.68 Å². The number of hydrogen-bond acceptors (Lipinski definition) is 3. The van der Waals surface area contributed by atoms with Crippen molar-refractivity contribution in [3.63, 3.8) is 0 Å². The van der Waals surface area contributed by atoms with Crippen molar-refractivity contribution in [2.75, 3.05) is 6.61 Å². The van der Waals surface area contributed by atoms with E-state index >= 15 is 0 Å². The first-order chi connectivity index (χ1) is 7.13. The first-order valence-corrected chi connectivity index (χ1v) is 5.51. The molecule has 1 fully saturated rings. The molecule has 0 saturated carbocycles. The highest BCUT2D eigenvalue weighted by Gasteiger charge is 2.36. The summed E-state index contributed by atoms with van der Waals surface area (Å²) in [7, 11) is 1.92. The van der Waals surface area contributed by atoms with Crippen LogP contribution in [-0.2, 0) is 11.8 Å².